The minimum absolute atomic E-state index is 0.218. The molecule has 5 nitrogen and oxygen atoms in total. The van der Waals surface area contributed by atoms with Crippen LogP contribution in [0.15, 0.2) is 59.6 Å². The predicted molar refractivity (Wildman–Crippen MR) is 83.3 cm³/mol. The van der Waals surface area contributed by atoms with Crippen molar-refractivity contribution in [1.82, 2.24) is 4.57 Å². The molecule has 1 heterocycles. The number of aromatic nitrogens is 1. The fourth-order valence-corrected chi connectivity index (χ4v) is 3.10. The van der Waals surface area contributed by atoms with Crippen molar-refractivity contribution in [2.45, 2.75) is 4.90 Å². The second-order valence-electron chi connectivity index (χ2n) is 5.00. The third kappa shape index (κ3) is 2.37. The van der Waals surface area contributed by atoms with Crippen LogP contribution in [0.1, 0.15) is 10.4 Å². The van der Waals surface area contributed by atoms with Crippen molar-refractivity contribution in [1.29, 1.82) is 0 Å². The van der Waals surface area contributed by atoms with Crippen LogP contribution in [0.4, 0.5) is 0 Å². The Hall–Kier alpha value is -2.60. The molecule has 6 heteroatoms. The smallest absolute Gasteiger partial charge is 0.336 e. The van der Waals surface area contributed by atoms with Gasteiger partial charge in [-0.3, -0.25) is 0 Å². The average molecular weight is 315 g/mol. The van der Waals surface area contributed by atoms with Crippen molar-refractivity contribution in [3.63, 3.8) is 0 Å². The van der Waals surface area contributed by atoms with Gasteiger partial charge in [-0.25, -0.2) is 13.2 Å². The molecule has 0 spiro atoms. The van der Waals surface area contributed by atoms with Gasteiger partial charge in [0.25, 0.3) is 0 Å². The van der Waals surface area contributed by atoms with E-state index in [0.717, 1.165) is 6.26 Å². The Morgan fingerprint density at radius 2 is 1.82 bits per heavy atom. The van der Waals surface area contributed by atoms with Crippen molar-refractivity contribution in [2.75, 3.05) is 6.26 Å². The van der Waals surface area contributed by atoms with Gasteiger partial charge in [-0.05, 0) is 36.4 Å². The summed E-state index contributed by atoms with van der Waals surface area (Å²) in [7, 11) is -3.30. The fourth-order valence-electron chi connectivity index (χ4n) is 2.44. The van der Waals surface area contributed by atoms with Crippen molar-refractivity contribution >= 4 is 26.7 Å². The van der Waals surface area contributed by atoms with E-state index in [2.05, 4.69) is 0 Å². The number of carbonyl (C=O) groups is 1. The number of hydrogen-bond donors (Lipinski definition) is 1. The summed E-state index contributed by atoms with van der Waals surface area (Å²) >= 11 is 0. The summed E-state index contributed by atoms with van der Waals surface area (Å²) in [5.74, 6) is -0.992. The molecule has 0 fully saturated rings. The lowest BCUT2D eigenvalue weighted by Gasteiger charge is -2.08. The van der Waals surface area contributed by atoms with Crippen LogP contribution in [0, 0.1) is 0 Å². The summed E-state index contributed by atoms with van der Waals surface area (Å²) in [5, 5.41) is 9.84. The Morgan fingerprint density at radius 3 is 2.50 bits per heavy atom. The molecule has 0 aliphatic carbocycles. The lowest BCUT2D eigenvalue weighted by molar-refractivity contribution is 0.0699. The molecule has 1 N–H and O–H groups in total. The highest BCUT2D eigenvalue weighted by Gasteiger charge is 2.13. The molecular formula is C16H13NO4S. The normalized spacial score (nSPS) is 11.7. The first-order chi connectivity index (χ1) is 10.4. The first-order valence-electron chi connectivity index (χ1n) is 6.52. The van der Waals surface area contributed by atoms with E-state index in [0.29, 0.717) is 16.6 Å². The fraction of sp³-hybridized carbons (Fsp3) is 0.0625. The molecule has 0 aliphatic rings. The first-order valence-corrected chi connectivity index (χ1v) is 8.41. The van der Waals surface area contributed by atoms with Gasteiger partial charge in [0.15, 0.2) is 9.84 Å². The molecule has 0 amide bonds. The van der Waals surface area contributed by atoms with Gasteiger partial charge in [0, 0.05) is 23.5 Å². The van der Waals surface area contributed by atoms with Gasteiger partial charge >= 0.3 is 5.97 Å². The van der Waals surface area contributed by atoms with E-state index in [-0.39, 0.29) is 10.5 Å². The Bertz CT molecular complexity index is 986. The van der Waals surface area contributed by atoms with Gasteiger partial charge in [-0.2, -0.15) is 0 Å². The summed E-state index contributed by atoms with van der Waals surface area (Å²) in [6.45, 7) is 0. The molecule has 0 saturated heterocycles. The number of fused-ring (bicyclic) bond motifs is 1. The molecule has 0 radical (unpaired) electrons. The Balaban J connectivity index is 2.24. The van der Waals surface area contributed by atoms with Gasteiger partial charge in [0.2, 0.25) is 0 Å². The largest absolute Gasteiger partial charge is 0.478 e. The summed E-state index contributed by atoms with van der Waals surface area (Å²) in [6, 6.07) is 13.3. The number of carboxylic acids is 1. The van der Waals surface area contributed by atoms with Crippen LogP contribution in [0.2, 0.25) is 0 Å². The summed E-state index contributed by atoms with van der Waals surface area (Å²) in [5.41, 5.74) is 1.60. The average Bonchev–Trinajstić information content (AvgIpc) is 2.90. The van der Waals surface area contributed by atoms with Crippen LogP contribution >= 0.6 is 0 Å². The van der Waals surface area contributed by atoms with Crippen LogP contribution in [-0.4, -0.2) is 30.3 Å². The van der Waals surface area contributed by atoms with Gasteiger partial charge in [-0.15, -0.1) is 0 Å². The topological polar surface area (TPSA) is 76.4 Å². The van der Waals surface area contributed by atoms with E-state index in [1.54, 1.807) is 53.2 Å². The standard InChI is InChI=1S/C16H13NO4S/c1-22(20,21)12-5-2-4-11(10-12)17-9-8-13-14(16(18)19)6-3-7-15(13)17/h2-10H,1H3,(H,18,19). The van der Waals surface area contributed by atoms with Crippen LogP contribution in [0.25, 0.3) is 16.6 Å². The van der Waals surface area contributed by atoms with E-state index in [4.69, 9.17) is 0 Å². The van der Waals surface area contributed by atoms with Crippen LogP contribution < -0.4 is 0 Å². The van der Waals surface area contributed by atoms with E-state index < -0.39 is 15.8 Å². The van der Waals surface area contributed by atoms with Crippen LogP contribution in [-0.2, 0) is 9.84 Å². The Kier molecular flexibility index (Phi) is 3.26. The molecule has 0 saturated carbocycles. The van der Waals surface area contributed by atoms with Gasteiger partial charge < -0.3 is 9.67 Å². The highest BCUT2D eigenvalue weighted by molar-refractivity contribution is 7.90. The molecule has 0 aliphatic heterocycles. The molecule has 3 aromatic rings. The number of sulfone groups is 1. The van der Waals surface area contributed by atoms with Crippen molar-refractivity contribution < 1.29 is 18.3 Å². The summed E-state index contributed by atoms with van der Waals surface area (Å²) in [6.07, 6.45) is 2.89. The highest BCUT2D eigenvalue weighted by Crippen LogP contribution is 2.25. The maximum atomic E-state index is 11.7. The lowest BCUT2D eigenvalue weighted by atomic mass is 10.1. The highest BCUT2D eigenvalue weighted by atomic mass is 32.2. The minimum atomic E-state index is -3.30. The number of benzene rings is 2. The SMILES string of the molecule is CS(=O)(=O)c1cccc(-n2ccc3c(C(=O)O)cccc32)c1. The molecule has 0 atom stereocenters. The van der Waals surface area contributed by atoms with E-state index in [1.165, 1.54) is 6.07 Å². The quantitative estimate of drug-likeness (QED) is 0.806. The van der Waals surface area contributed by atoms with Gasteiger partial charge in [-0.1, -0.05) is 12.1 Å². The molecule has 1 aromatic heterocycles. The molecule has 3 rings (SSSR count). The molecule has 0 bridgehead atoms. The number of aromatic carboxylic acids is 1. The Labute approximate surface area is 127 Å². The monoisotopic (exact) mass is 315 g/mol. The third-order valence-corrected chi connectivity index (χ3v) is 4.60. The molecule has 22 heavy (non-hydrogen) atoms. The van der Waals surface area contributed by atoms with Crippen molar-refractivity contribution in [2.24, 2.45) is 0 Å². The van der Waals surface area contributed by atoms with E-state index in [9.17, 15) is 18.3 Å². The van der Waals surface area contributed by atoms with E-state index in [1.807, 2.05) is 0 Å². The predicted octanol–water partition coefficient (Wildman–Crippen LogP) is 2.73. The van der Waals surface area contributed by atoms with E-state index >= 15 is 0 Å². The van der Waals surface area contributed by atoms with Crippen LogP contribution in [0.3, 0.4) is 0 Å². The maximum Gasteiger partial charge on any atom is 0.336 e. The number of rotatable bonds is 3. The summed E-state index contributed by atoms with van der Waals surface area (Å²) in [4.78, 5) is 11.5. The third-order valence-electron chi connectivity index (χ3n) is 3.49. The number of hydrogen-bond acceptors (Lipinski definition) is 3. The first kappa shape index (κ1) is 14.3. The lowest BCUT2D eigenvalue weighted by Crippen LogP contribution is -2.00. The minimum Gasteiger partial charge on any atom is -0.478 e. The molecule has 112 valence electrons. The molecule has 2 aromatic carbocycles. The molecular weight excluding hydrogens is 302 g/mol. The number of carboxylic acid groups (broad SMARTS) is 1. The molecule has 0 unspecified atom stereocenters. The van der Waals surface area contributed by atoms with Gasteiger partial charge in [0.1, 0.15) is 0 Å². The van der Waals surface area contributed by atoms with Crippen LogP contribution in [0.5, 0.6) is 0 Å². The second kappa shape index (κ2) is 4.99. The van der Waals surface area contributed by atoms with Crippen molar-refractivity contribution in [3.05, 3.63) is 60.3 Å². The van der Waals surface area contributed by atoms with Gasteiger partial charge in [0.05, 0.1) is 16.0 Å². The zero-order valence-corrected chi connectivity index (χ0v) is 12.5. The maximum absolute atomic E-state index is 11.7. The zero-order valence-electron chi connectivity index (χ0n) is 11.7. The van der Waals surface area contributed by atoms with Crippen molar-refractivity contribution in [3.8, 4) is 5.69 Å². The second-order valence-corrected chi connectivity index (χ2v) is 7.01. The Morgan fingerprint density at radius 1 is 1.09 bits per heavy atom. The zero-order chi connectivity index (χ0) is 15.9. The summed E-state index contributed by atoms with van der Waals surface area (Å²) < 4.78 is 25.1. The number of nitrogens with zero attached hydrogens (tertiary/aromatic N) is 1.